The third-order valence-corrected chi connectivity index (χ3v) is 4.71. The number of hydrogen-bond acceptors (Lipinski definition) is 4. The summed E-state index contributed by atoms with van der Waals surface area (Å²) in [6, 6.07) is 12.5. The highest BCUT2D eigenvalue weighted by Crippen LogP contribution is 2.21. The summed E-state index contributed by atoms with van der Waals surface area (Å²) in [5.74, 6) is 0. The Bertz CT molecular complexity index is 665. The SMILES string of the molecule is Cn1cc(CCCN2CCN(C(C#N)c3ccccc3)CC2)cn1. The minimum Gasteiger partial charge on any atom is -0.301 e. The fourth-order valence-corrected chi connectivity index (χ4v) is 3.36. The summed E-state index contributed by atoms with van der Waals surface area (Å²) in [5.41, 5.74) is 2.41. The number of benzene rings is 1. The van der Waals surface area contributed by atoms with E-state index in [1.807, 2.05) is 48.3 Å². The summed E-state index contributed by atoms with van der Waals surface area (Å²) in [6.45, 7) is 5.11. The van der Waals surface area contributed by atoms with E-state index in [9.17, 15) is 5.26 Å². The first-order valence-electron chi connectivity index (χ1n) is 8.65. The first kappa shape index (κ1) is 16.7. The molecule has 0 spiro atoms. The Morgan fingerprint density at radius 1 is 1.17 bits per heavy atom. The Morgan fingerprint density at radius 3 is 2.54 bits per heavy atom. The topological polar surface area (TPSA) is 48.1 Å². The lowest BCUT2D eigenvalue weighted by molar-refractivity contribution is 0.113. The molecule has 0 N–H and O–H groups in total. The van der Waals surface area contributed by atoms with Crippen LogP contribution in [0.3, 0.4) is 0 Å². The Morgan fingerprint density at radius 2 is 1.92 bits per heavy atom. The second-order valence-electron chi connectivity index (χ2n) is 6.45. The monoisotopic (exact) mass is 323 g/mol. The van der Waals surface area contributed by atoms with Crippen LogP contribution < -0.4 is 0 Å². The van der Waals surface area contributed by atoms with E-state index in [-0.39, 0.29) is 6.04 Å². The van der Waals surface area contributed by atoms with Crippen molar-refractivity contribution in [1.82, 2.24) is 19.6 Å². The van der Waals surface area contributed by atoms with Gasteiger partial charge in [-0.2, -0.15) is 10.4 Å². The highest BCUT2D eigenvalue weighted by molar-refractivity contribution is 5.24. The van der Waals surface area contributed by atoms with Crippen molar-refractivity contribution in [3.05, 3.63) is 53.9 Å². The summed E-state index contributed by atoms with van der Waals surface area (Å²) in [6.07, 6.45) is 6.29. The van der Waals surface area contributed by atoms with Gasteiger partial charge in [0.1, 0.15) is 6.04 Å². The van der Waals surface area contributed by atoms with Crippen LogP contribution in [0.4, 0.5) is 0 Å². The quantitative estimate of drug-likeness (QED) is 0.818. The molecule has 1 atom stereocenters. The van der Waals surface area contributed by atoms with Gasteiger partial charge in [0, 0.05) is 39.4 Å². The smallest absolute Gasteiger partial charge is 0.123 e. The van der Waals surface area contributed by atoms with E-state index >= 15 is 0 Å². The molecule has 0 bridgehead atoms. The predicted octanol–water partition coefficient (Wildman–Crippen LogP) is 2.24. The lowest BCUT2D eigenvalue weighted by Crippen LogP contribution is -2.47. The maximum atomic E-state index is 9.55. The van der Waals surface area contributed by atoms with Gasteiger partial charge in [-0.15, -0.1) is 0 Å². The molecule has 126 valence electrons. The molecular formula is C19H25N5. The molecule has 1 unspecified atom stereocenters. The molecule has 2 aromatic rings. The number of nitriles is 1. The van der Waals surface area contributed by atoms with E-state index in [0.29, 0.717) is 0 Å². The Hall–Kier alpha value is -2.16. The Labute approximate surface area is 144 Å². The molecule has 1 fully saturated rings. The summed E-state index contributed by atoms with van der Waals surface area (Å²) in [4.78, 5) is 4.80. The first-order valence-corrected chi connectivity index (χ1v) is 8.65. The average molecular weight is 323 g/mol. The van der Waals surface area contributed by atoms with Gasteiger partial charge in [-0.05, 0) is 30.5 Å². The molecule has 0 aliphatic carbocycles. The molecular weight excluding hydrogens is 298 g/mol. The number of rotatable bonds is 6. The van der Waals surface area contributed by atoms with Crippen LogP contribution in [0.1, 0.15) is 23.6 Å². The van der Waals surface area contributed by atoms with E-state index in [1.54, 1.807) is 0 Å². The summed E-state index contributed by atoms with van der Waals surface area (Å²) in [5, 5.41) is 13.8. The van der Waals surface area contributed by atoms with Crippen molar-refractivity contribution in [2.45, 2.75) is 18.9 Å². The highest BCUT2D eigenvalue weighted by Gasteiger charge is 2.24. The van der Waals surface area contributed by atoms with Gasteiger partial charge in [0.25, 0.3) is 0 Å². The highest BCUT2D eigenvalue weighted by atomic mass is 15.3. The van der Waals surface area contributed by atoms with Crippen LogP contribution in [0.2, 0.25) is 0 Å². The largest absolute Gasteiger partial charge is 0.301 e. The zero-order valence-corrected chi connectivity index (χ0v) is 14.3. The van der Waals surface area contributed by atoms with Gasteiger partial charge >= 0.3 is 0 Å². The maximum Gasteiger partial charge on any atom is 0.123 e. The van der Waals surface area contributed by atoms with Crippen LogP contribution in [0, 0.1) is 11.3 Å². The lowest BCUT2D eigenvalue weighted by Gasteiger charge is -2.37. The Balaban J connectivity index is 1.44. The molecule has 24 heavy (non-hydrogen) atoms. The molecule has 1 aliphatic rings. The second-order valence-corrected chi connectivity index (χ2v) is 6.45. The minimum atomic E-state index is -0.122. The maximum absolute atomic E-state index is 9.55. The molecule has 1 aromatic heterocycles. The van der Waals surface area contributed by atoms with Gasteiger partial charge in [-0.3, -0.25) is 9.58 Å². The minimum absolute atomic E-state index is 0.122. The standard InChI is InChI=1S/C19H25N5/c1-22-16-17(15-21-22)6-5-9-23-10-12-24(13-11-23)19(14-20)18-7-3-2-4-8-18/h2-4,7-8,15-16,19H,5-6,9-13H2,1H3. The summed E-state index contributed by atoms with van der Waals surface area (Å²) >= 11 is 0. The van der Waals surface area contributed by atoms with Gasteiger partial charge in [-0.1, -0.05) is 30.3 Å². The predicted molar refractivity (Wildman–Crippen MR) is 94.3 cm³/mol. The normalized spacial score (nSPS) is 17.5. The van der Waals surface area contributed by atoms with Crippen LogP contribution in [-0.2, 0) is 13.5 Å². The summed E-state index contributed by atoms with van der Waals surface area (Å²) < 4.78 is 1.86. The van der Waals surface area contributed by atoms with Crippen LogP contribution in [0.15, 0.2) is 42.7 Å². The molecule has 1 saturated heterocycles. The van der Waals surface area contributed by atoms with Gasteiger partial charge in [-0.25, -0.2) is 0 Å². The molecule has 0 saturated carbocycles. The van der Waals surface area contributed by atoms with Crippen molar-refractivity contribution in [3.8, 4) is 6.07 Å². The number of hydrogen-bond donors (Lipinski definition) is 0. The van der Waals surface area contributed by atoms with Crippen LogP contribution >= 0.6 is 0 Å². The molecule has 5 nitrogen and oxygen atoms in total. The molecule has 3 rings (SSSR count). The molecule has 1 aliphatic heterocycles. The Kier molecular flexibility index (Phi) is 5.63. The van der Waals surface area contributed by atoms with E-state index in [1.165, 1.54) is 5.56 Å². The lowest BCUT2D eigenvalue weighted by atomic mass is 10.1. The molecule has 5 heteroatoms. The number of piperazine rings is 1. The zero-order chi connectivity index (χ0) is 16.8. The van der Waals surface area contributed by atoms with Crippen molar-refractivity contribution >= 4 is 0 Å². The van der Waals surface area contributed by atoms with Gasteiger partial charge in [0.2, 0.25) is 0 Å². The van der Waals surface area contributed by atoms with E-state index in [4.69, 9.17) is 0 Å². The molecule has 0 radical (unpaired) electrons. The van der Waals surface area contributed by atoms with E-state index in [2.05, 4.69) is 27.2 Å². The van der Waals surface area contributed by atoms with Crippen LogP contribution in [0.25, 0.3) is 0 Å². The zero-order valence-electron chi connectivity index (χ0n) is 14.3. The van der Waals surface area contributed by atoms with E-state index < -0.39 is 0 Å². The van der Waals surface area contributed by atoms with Gasteiger partial charge in [0.15, 0.2) is 0 Å². The van der Waals surface area contributed by atoms with Gasteiger partial charge < -0.3 is 4.90 Å². The van der Waals surface area contributed by atoms with Crippen molar-refractivity contribution < 1.29 is 0 Å². The van der Waals surface area contributed by atoms with Crippen molar-refractivity contribution in [2.24, 2.45) is 7.05 Å². The van der Waals surface area contributed by atoms with Crippen molar-refractivity contribution in [2.75, 3.05) is 32.7 Å². The average Bonchev–Trinajstić information content (AvgIpc) is 3.03. The van der Waals surface area contributed by atoms with Gasteiger partial charge in [0.05, 0.1) is 12.3 Å². The third kappa shape index (κ3) is 4.22. The van der Waals surface area contributed by atoms with Crippen molar-refractivity contribution in [1.29, 1.82) is 5.26 Å². The number of aromatic nitrogens is 2. The van der Waals surface area contributed by atoms with Crippen LogP contribution in [-0.4, -0.2) is 52.3 Å². The van der Waals surface area contributed by atoms with E-state index in [0.717, 1.165) is 51.1 Å². The molecule has 0 amide bonds. The first-order chi connectivity index (χ1) is 11.8. The molecule has 2 heterocycles. The van der Waals surface area contributed by atoms with Crippen molar-refractivity contribution in [3.63, 3.8) is 0 Å². The fourth-order valence-electron chi connectivity index (χ4n) is 3.36. The number of aryl methyl sites for hydroxylation is 2. The fraction of sp³-hybridized carbons (Fsp3) is 0.474. The molecule has 1 aromatic carbocycles. The summed E-state index contributed by atoms with van der Waals surface area (Å²) in [7, 11) is 1.96. The number of nitrogens with zero attached hydrogens (tertiary/aromatic N) is 5. The third-order valence-electron chi connectivity index (χ3n) is 4.71. The second kappa shape index (κ2) is 8.09. The van der Waals surface area contributed by atoms with Crippen LogP contribution in [0.5, 0.6) is 0 Å².